The van der Waals surface area contributed by atoms with Crippen molar-refractivity contribution in [3.63, 3.8) is 0 Å². The molecule has 6 nitrogen and oxygen atoms in total. The van der Waals surface area contributed by atoms with Gasteiger partial charge in [-0.15, -0.1) is 0 Å². The van der Waals surface area contributed by atoms with Crippen LogP contribution in [0.5, 0.6) is 0 Å². The van der Waals surface area contributed by atoms with E-state index in [0.29, 0.717) is 5.69 Å². The van der Waals surface area contributed by atoms with E-state index < -0.39 is 34.9 Å². The maximum Gasteiger partial charge on any atom is 0.416 e. The van der Waals surface area contributed by atoms with Crippen LogP contribution in [-0.4, -0.2) is 15.0 Å². The van der Waals surface area contributed by atoms with Crippen LogP contribution in [0.3, 0.4) is 0 Å². The number of rotatable bonds is 5. The van der Waals surface area contributed by atoms with Gasteiger partial charge in [-0.25, -0.2) is 9.36 Å². The number of fused-ring (bicyclic) bond motifs is 1. The Hall–Kier alpha value is -4.14. The molecule has 1 heterocycles. The number of carbonyl (C=O) groups excluding carboxylic acids is 1. The molecule has 1 amide bonds. The van der Waals surface area contributed by atoms with E-state index in [9.17, 15) is 27.6 Å². The summed E-state index contributed by atoms with van der Waals surface area (Å²) >= 11 is 0. The molecule has 0 spiro atoms. The van der Waals surface area contributed by atoms with E-state index in [4.69, 9.17) is 0 Å². The number of aryl methyl sites for hydroxylation is 1. The minimum Gasteiger partial charge on any atom is -0.350 e. The number of hydrogen-bond acceptors (Lipinski definition) is 3. The fourth-order valence-electron chi connectivity index (χ4n) is 4.16. The van der Waals surface area contributed by atoms with E-state index in [-0.39, 0.29) is 23.0 Å². The molecule has 0 fully saturated rings. The number of carbonyl (C=O) groups is 1. The number of nitrogens with one attached hydrogen (secondary N) is 1. The maximum absolute atomic E-state index is 13.7. The van der Waals surface area contributed by atoms with E-state index in [2.05, 4.69) is 5.32 Å². The number of nitrogens with zero attached hydrogens (tertiary/aromatic N) is 2. The van der Waals surface area contributed by atoms with Crippen molar-refractivity contribution < 1.29 is 18.0 Å². The quantitative estimate of drug-likeness (QED) is 0.438. The van der Waals surface area contributed by atoms with Crippen LogP contribution in [0.2, 0.25) is 0 Å². The summed E-state index contributed by atoms with van der Waals surface area (Å²) in [6.07, 6.45) is -4.50. The van der Waals surface area contributed by atoms with Gasteiger partial charge >= 0.3 is 11.9 Å². The molecule has 0 radical (unpaired) electrons. The summed E-state index contributed by atoms with van der Waals surface area (Å²) in [5.41, 5.74) is 0.613. The summed E-state index contributed by atoms with van der Waals surface area (Å²) in [6.45, 7) is 5.03. The Morgan fingerprint density at radius 1 is 0.972 bits per heavy atom. The predicted molar refractivity (Wildman–Crippen MR) is 131 cm³/mol. The highest BCUT2D eigenvalue weighted by Gasteiger charge is 2.30. The number of hydrogen-bond donors (Lipinski definition) is 1. The lowest BCUT2D eigenvalue weighted by Gasteiger charge is -2.20. The Morgan fingerprint density at radius 3 is 2.39 bits per heavy atom. The van der Waals surface area contributed by atoms with E-state index in [1.807, 2.05) is 13.0 Å². The molecule has 1 atom stereocenters. The third-order valence-electron chi connectivity index (χ3n) is 6.30. The largest absolute Gasteiger partial charge is 0.416 e. The van der Waals surface area contributed by atoms with Crippen LogP contribution in [0.25, 0.3) is 16.6 Å². The van der Waals surface area contributed by atoms with Crippen molar-refractivity contribution in [3.05, 3.63) is 110 Å². The van der Waals surface area contributed by atoms with E-state index in [1.54, 1.807) is 43.3 Å². The van der Waals surface area contributed by atoms with Crippen LogP contribution in [0.4, 0.5) is 13.2 Å². The smallest absolute Gasteiger partial charge is 0.350 e. The first-order valence-electron chi connectivity index (χ1n) is 11.3. The molecule has 186 valence electrons. The average molecular weight is 496 g/mol. The van der Waals surface area contributed by atoms with Gasteiger partial charge in [0, 0.05) is 6.54 Å². The van der Waals surface area contributed by atoms with Crippen molar-refractivity contribution in [3.8, 4) is 5.69 Å². The summed E-state index contributed by atoms with van der Waals surface area (Å²) in [6, 6.07) is 15.4. The molecule has 36 heavy (non-hydrogen) atoms. The number of benzene rings is 3. The topological polar surface area (TPSA) is 73.1 Å². The van der Waals surface area contributed by atoms with Crippen molar-refractivity contribution in [1.82, 2.24) is 14.5 Å². The van der Waals surface area contributed by atoms with E-state index in [1.165, 1.54) is 23.6 Å². The lowest BCUT2D eigenvalue weighted by molar-refractivity contribution is -0.137. The number of para-hydroxylation sites is 1. The molecule has 1 unspecified atom stereocenters. The fourth-order valence-corrected chi connectivity index (χ4v) is 4.16. The Bertz CT molecular complexity index is 1590. The molecule has 4 rings (SSSR count). The number of amides is 1. The Kier molecular flexibility index (Phi) is 6.58. The van der Waals surface area contributed by atoms with Gasteiger partial charge in [-0.3, -0.25) is 14.2 Å². The molecular weight excluding hydrogens is 471 g/mol. The second kappa shape index (κ2) is 9.49. The number of halogens is 3. The Labute approximate surface area is 204 Å². The molecule has 3 aromatic carbocycles. The van der Waals surface area contributed by atoms with Gasteiger partial charge in [0.05, 0.1) is 22.2 Å². The standard InChI is InChI=1S/C27H24F3N3O3/c1-16-8-6-13-22(17(16)2)33-25(35)21-11-4-5-12-23(21)32(26(33)36)18(3)24(34)31-15-19-9-7-10-20(14-19)27(28,29)30/h4-14,18H,15H2,1-3H3,(H,31,34). The van der Waals surface area contributed by atoms with Crippen molar-refractivity contribution in [2.75, 3.05) is 0 Å². The first-order valence-corrected chi connectivity index (χ1v) is 11.3. The average Bonchev–Trinajstić information content (AvgIpc) is 2.84. The monoisotopic (exact) mass is 495 g/mol. The Balaban J connectivity index is 1.76. The fraction of sp³-hybridized carbons (Fsp3) is 0.222. The maximum atomic E-state index is 13.7. The van der Waals surface area contributed by atoms with Crippen LogP contribution in [-0.2, 0) is 17.5 Å². The van der Waals surface area contributed by atoms with Crippen LogP contribution >= 0.6 is 0 Å². The SMILES string of the molecule is Cc1cccc(-n2c(=O)c3ccccc3n(C(C)C(=O)NCc3cccc(C(F)(F)F)c3)c2=O)c1C. The molecule has 0 aliphatic carbocycles. The molecule has 1 N–H and O–H groups in total. The molecule has 0 bridgehead atoms. The van der Waals surface area contributed by atoms with Gasteiger partial charge in [0.2, 0.25) is 5.91 Å². The van der Waals surface area contributed by atoms with Gasteiger partial charge in [-0.1, -0.05) is 36.4 Å². The second-order valence-electron chi connectivity index (χ2n) is 8.62. The van der Waals surface area contributed by atoms with Crippen LogP contribution in [0.1, 0.15) is 35.2 Å². The van der Waals surface area contributed by atoms with Crippen LogP contribution in [0, 0.1) is 13.8 Å². The zero-order valence-electron chi connectivity index (χ0n) is 19.9. The van der Waals surface area contributed by atoms with Crippen molar-refractivity contribution in [2.45, 2.75) is 39.5 Å². The van der Waals surface area contributed by atoms with Gasteiger partial charge in [-0.05, 0) is 67.8 Å². The highest BCUT2D eigenvalue weighted by Crippen LogP contribution is 2.29. The number of alkyl halides is 3. The minimum atomic E-state index is -4.50. The molecule has 1 aromatic heterocycles. The first-order chi connectivity index (χ1) is 17.0. The lowest BCUT2D eigenvalue weighted by Crippen LogP contribution is -2.43. The zero-order chi connectivity index (χ0) is 26.2. The summed E-state index contributed by atoms with van der Waals surface area (Å²) in [4.78, 5) is 40.1. The summed E-state index contributed by atoms with van der Waals surface area (Å²) in [7, 11) is 0. The van der Waals surface area contributed by atoms with Crippen LogP contribution < -0.4 is 16.6 Å². The zero-order valence-corrected chi connectivity index (χ0v) is 19.9. The second-order valence-corrected chi connectivity index (χ2v) is 8.62. The molecule has 4 aromatic rings. The van der Waals surface area contributed by atoms with Crippen molar-refractivity contribution in [1.29, 1.82) is 0 Å². The van der Waals surface area contributed by atoms with Gasteiger partial charge in [0.1, 0.15) is 6.04 Å². The predicted octanol–water partition coefficient (Wildman–Crippen LogP) is 4.67. The highest BCUT2D eigenvalue weighted by molar-refractivity contribution is 5.84. The van der Waals surface area contributed by atoms with Gasteiger partial charge in [0.15, 0.2) is 0 Å². The van der Waals surface area contributed by atoms with Crippen molar-refractivity contribution in [2.24, 2.45) is 0 Å². The summed E-state index contributed by atoms with van der Waals surface area (Å²) < 4.78 is 41.4. The van der Waals surface area contributed by atoms with E-state index >= 15 is 0 Å². The molecule has 0 saturated heterocycles. The van der Waals surface area contributed by atoms with Crippen LogP contribution in [0.15, 0.2) is 76.3 Å². The highest BCUT2D eigenvalue weighted by atomic mass is 19.4. The normalized spacial score (nSPS) is 12.5. The molecule has 0 aliphatic heterocycles. The van der Waals surface area contributed by atoms with Gasteiger partial charge < -0.3 is 5.32 Å². The lowest BCUT2D eigenvalue weighted by atomic mass is 10.1. The molecule has 9 heteroatoms. The minimum absolute atomic E-state index is 0.156. The third-order valence-corrected chi connectivity index (χ3v) is 6.30. The Morgan fingerprint density at radius 2 is 1.67 bits per heavy atom. The molecule has 0 saturated carbocycles. The van der Waals surface area contributed by atoms with Gasteiger partial charge in [-0.2, -0.15) is 13.2 Å². The third kappa shape index (κ3) is 4.56. The number of aromatic nitrogens is 2. The summed E-state index contributed by atoms with van der Waals surface area (Å²) in [5.74, 6) is -0.578. The van der Waals surface area contributed by atoms with Gasteiger partial charge in [0.25, 0.3) is 5.56 Å². The molecule has 0 aliphatic rings. The molecular formula is C27H24F3N3O3. The first kappa shape index (κ1) is 25.0. The van der Waals surface area contributed by atoms with Crippen molar-refractivity contribution >= 4 is 16.8 Å². The van der Waals surface area contributed by atoms with E-state index in [0.717, 1.165) is 27.8 Å². The summed E-state index contributed by atoms with van der Waals surface area (Å²) in [5, 5.41) is 2.87.